The minimum Gasteiger partial charge on any atom is -0.455 e. The van der Waals surface area contributed by atoms with Gasteiger partial charge in [0.05, 0.1) is 15.8 Å². The summed E-state index contributed by atoms with van der Waals surface area (Å²) in [7, 11) is 2.91. The molecule has 0 radical (unpaired) electrons. The summed E-state index contributed by atoms with van der Waals surface area (Å²) in [6.45, 7) is 0.0633. The first-order valence-corrected chi connectivity index (χ1v) is 8.23. The number of benzene rings is 1. The maximum atomic E-state index is 12.0. The van der Waals surface area contributed by atoms with E-state index >= 15 is 0 Å². The second kappa shape index (κ2) is 6.86. The molecule has 0 amide bonds. The number of hydrogen-bond donors (Lipinski definition) is 0. The highest BCUT2D eigenvalue weighted by atomic mass is 32.1. The lowest BCUT2D eigenvalue weighted by atomic mass is 10.3. The van der Waals surface area contributed by atoms with Gasteiger partial charge in [-0.05, 0) is 18.2 Å². The van der Waals surface area contributed by atoms with Crippen LogP contribution in [-0.4, -0.2) is 20.1 Å². The van der Waals surface area contributed by atoms with E-state index in [-0.39, 0.29) is 12.2 Å². The van der Waals surface area contributed by atoms with Crippen LogP contribution in [0, 0.1) is 0 Å². The quantitative estimate of drug-likeness (QED) is 0.521. The van der Waals surface area contributed by atoms with E-state index < -0.39 is 17.2 Å². The molecule has 3 rings (SSSR count). The predicted octanol–water partition coefficient (Wildman–Crippen LogP) is 1.45. The molecule has 3 aromatic rings. The number of nitrogens with zero attached hydrogens (tertiary/aromatic N) is 3. The molecule has 0 spiro atoms. The van der Waals surface area contributed by atoms with Gasteiger partial charge in [0.25, 0.3) is 5.56 Å². The van der Waals surface area contributed by atoms with E-state index in [4.69, 9.17) is 4.74 Å². The number of ether oxygens (including phenoxy) is 1. The average molecular weight is 357 g/mol. The number of fused-ring (bicyclic) bond motifs is 1. The molecule has 0 aliphatic heterocycles. The van der Waals surface area contributed by atoms with Crippen molar-refractivity contribution in [1.82, 2.24) is 14.1 Å². The summed E-state index contributed by atoms with van der Waals surface area (Å²) in [5.41, 5.74) is 0.184. The number of para-hydroxylation sites is 1. The maximum Gasteiger partial charge on any atom is 0.331 e. The van der Waals surface area contributed by atoms with Gasteiger partial charge in [-0.3, -0.25) is 9.36 Å². The highest BCUT2D eigenvalue weighted by Crippen LogP contribution is 2.21. The van der Waals surface area contributed by atoms with E-state index in [0.717, 1.165) is 20.9 Å². The highest BCUT2D eigenvalue weighted by molar-refractivity contribution is 7.18. The number of hydrogen-bond acceptors (Lipinski definition) is 6. The van der Waals surface area contributed by atoms with Crippen molar-refractivity contribution in [2.24, 2.45) is 14.1 Å². The number of rotatable bonds is 4. The third-order valence-corrected chi connectivity index (χ3v) is 4.56. The van der Waals surface area contributed by atoms with Gasteiger partial charge in [-0.25, -0.2) is 14.6 Å². The lowest BCUT2D eigenvalue weighted by molar-refractivity contribution is -0.138. The van der Waals surface area contributed by atoms with Crippen molar-refractivity contribution >= 4 is 33.6 Å². The molecule has 8 heteroatoms. The maximum absolute atomic E-state index is 12.0. The van der Waals surface area contributed by atoms with Crippen LogP contribution in [0.4, 0.5) is 0 Å². The summed E-state index contributed by atoms with van der Waals surface area (Å²) in [6.07, 6.45) is 3.87. The Morgan fingerprint density at radius 2 is 2.04 bits per heavy atom. The fraction of sp³-hybridized carbons (Fsp3) is 0.176. The molecular weight excluding hydrogens is 342 g/mol. The first kappa shape index (κ1) is 16.8. The van der Waals surface area contributed by atoms with Gasteiger partial charge in [0.1, 0.15) is 11.6 Å². The second-order valence-electron chi connectivity index (χ2n) is 5.36. The van der Waals surface area contributed by atoms with Gasteiger partial charge in [-0.1, -0.05) is 12.1 Å². The van der Waals surface area contributed by atoms with Gasteiger partial charge in [-0.2, -0.15) is 0 Å². The first-order chi connectivity index (χ1) is 12.0. The van der Waals surface area contributed by atoms with Crippen molar-refractivity contribution in [2.75, 3.05) is 0 Å². The zero-order valence-corrected chi connectivity index (χ0v) is 14.4. The normalized spacial score (nSPS) is 11.3. The Kier molecular flexibility index (Phi) is 4.62. The van der Waals surface area contributed by atoms with Crippen LogP contribution < -0.4 is 11.2 Å². The van der Waals surface area contributed by atoms with Crippen molar-refractivity contribution in [3.05, 3.63) is 67.9 Å². The average Bonchev–Trinajstić information content (AvgIpc) is 3.03. The third kappa shape index (κ3) is 3.58. The molecule has 0 bridgehead atoms. The zero-order chi connectivity index (χ0) is 18.0. The Morgan fingerprint density at radius 1 is 1.28 bits per heavy atom. The summed E-state index contributed by atoms with van der Waals surface area (Å²) in [6, 6.07) is 7.67. The zero-order valence-electron chi connectivity index (χ0n) is 13.6. The van der Waals surface area contributed by atoms with Crippen molar-refractivity contribution in [2.45, 2.75) is 6.61 Å². The number of carbonyl (C=O) groups excluding carboxylic acids is 1. The van der Waals surface area contributed by atoms with Gasteiger partial charge >= 0.3 is 11.7 Å². The van der Waals surface area contributed by atoms with E-state index in [1.165, 1.54) is 42.3 Å². The second-order valence-corrected chi connectivity index (χ2v) is 6.47. The van der Waals surface area contributed by atoms with Gasteiger partial charge in [0.2, 0.25) is 0 Å². The fourth-order valence-electron chi connectivity index (χ4n) is 2.27. The van der Waals surface area contributed by atoms with Crippen LogP contribution in [0.5, 0.6) is 0 Å². The summed E-state index contributed by atoms with van der Waals surface area (Å²) >= 11 is 1.46. The van der Waals surface area contributed by atoms with E-state index in [9.17, 15) is 14.4 Å². The number of carbonyl (C=O) groups is 1. The van der Waals surface area contributed by atoms with Gasteiger partial charge < -0.3 is 9.30 Å². The van der Waals surface area contributed by atoms with E-state index in [1.807, 2.05) is 24.3 Å². The third-order valence-electron chi connectivity index (χ3n) is 3.55. The Morgan fingerprint density at radius 3 is 2.80 bits per heavy atom. The molecule has 0 N–H and O–H groups in total. The van der Waals surface area contributed by atoms with Gasteiger partial charge in [0.15, 0.2) is 0 Å². The Balaban J connectivity index is 1.69. The molecule has 0 unspecified atom stereocenters. The molecule has 1 aromatic carbocycles. The summed E-state index contributed by atoms with van der Waals surface area (Å²) in [4.78, 5) is 39.8. The van der Waals surface area contributed by atoms with Crippen molar-refractivity contribution in [1.29, 1.82) is 0 Å². The Labute approximate surface area is 146 Å². The Hall–Kier alpha value is -3.00. The molecule has 0 saturated heterocycles. The van der Waals surface area contributed by atoms with E-state index in [2.05, 4.69) is 4.98 Å². The lowest BCUT2D eigenvalue weighted by Gasteiger charge is -2.03. The number of thiazole rings is 1. The Bertz CT molecular complexity index is 1060. The monoisotopic (exact) mass is 357 g/mol. The van der Waals surface area contributed by atoms with Crippen molar-refractivity contribution < 1.29 is 9.53 Å². The summed E-state index contributed by atoms with van der Waals surface area (Å²) in [5.74, 6) is -0.588. The molecule has 128 valence electrons. The van der Waals surface area contributed by atoms with E-state index in [1.54, 1.807) is 0 Å². The molecule has 0 aliphatic carbocycles. The minimum atomic E-state index is -0.588. The van der Waals surface area contributed by atoms with Crippen LogP contribution in [0.15, 0.2) is 46.1 Å². The molecular formula is C17H15N3O4S. The van der Waals surface area contributed by atoms with Crippen LogP contribution in [0.1, 0.15) is 10.6 Å². The smallest absolute Gasteiger partial charge is 0.331 e. The van der Waals surface area contributed by atoms with Crippen LogP contribution >= 0.6 is 11.3 Å². The topological polar surface area (TPSA) is 83.2 Å². The SMILES string of the molecule is Cn1cc(/C=C/C(=O)OCc2nc3ccccc3s2)c(=O)n(C)c1=O. The van der Waals surface area contributed by atoms with Crippen LogP contribution in [0.2, 0.25) is 0 Å². The molecule has 25 heavy (non-hydrogen) atoms. The summed E-state index contributed by atoms with van der Waals surface area (Å²) < 4.78 is 8.42. The lowest BCUT2D eigenvalue weighted by Crippen LogP contribution is -2.37. The number of esters is 1. The minimum absolute atomic E-state index is 0.0633. The highest BCUT2D eigenvalue weighted by Gasteiger charge is 2.07. The molecule has 0 fully saturated rings. The molecule has 0 atom stereocenters. The van der Waals surface area contributed by atoms with E-state index in [0.29, 0.717) is 5.01 Å². The summed E-state index contributed by atoms with van der Waals surface area (Å²) in [5, 5.41) is 0.695. The van der Waals surface area contributed by atoms with Gasteiger partial charge in [0, 0.05) is 26.4 Å². The van der Waals surface area contributed by atoms with Crippen LogP contribution in [-0.2, 0) is 30.2 Å². The first-order valence-electron chi connectivity index (χ1n) is 7.41. The largest absolute Gasteiger partial charge is 0.455 e. The fourth-order valence-corrected chi connectivity index (χ4v) is 3.15. The van der Waals surface area contributed by atoms with Crippen LogP contribution in [0.25, 0.3) is 16.3 Å². The number of aryl methyl sites for hydroxylation is 1. The molecule has 0 saturated carbocycles. The van der Waals surface area contributed by atoms with Gasteiger partial charge in [-0.15, -0.1) is 11.3 Å². The molecule has 0 aliphatic rings. The standard InChI is InChI=1S/C17H15N3O4S/c1-19-9-11(16(22)20(2)17(19)23)7-8-15(21)24-10-14-18-12-5-3-4-6-13(12)25-14/h3-9H,10H2,1-2H3/b8-7+. The molecule has 7 nitrogen and oxygen atoms in total. The number of aromatic nitrogens is 3. The molecule has 2 heterocycles. The molecule has 2 aromatic heterocycles. The predicted molar refractivity (Wildman–Crippen MR) is 95.4 cm³/mol. The van der Waals surface area contributed by atoms with Crippen molar-refractivity contribution in [3.63, 3.8) is 0 Å². The van der Waals surface area contributed by atoms with Crippen LogP contribution in [0.3, 0.4) is 0 Å². The van der Waals surface area contributed by atoms with Crippen molar-refractivity contribution in [3.8, 4) is 0 Å².